The number of hydrogen-bond donors (Lipinski definition) is 0. The van der Waals surface area contributed by atoms with Crippen molar-refractivity contribution < 1.29 is 18.7 Å². The number of esters is 1. The standard InChI is InChI=1S/C20H22FN3O3S/c1-12(2)23(11-18(25)27-4)19(26)17-9-16-13(3)22-24(20(16)28-17)10-14-5-7-15(21)8-6-14/h5-9,12H,10-11H2,1-4H3. The number of aryl methyl sites for hydroxylation is 1. The van der Waals surface area contributed by atoms with E-state index in [4.69, 9.17) is 4.74 Å². The average molecular weight is 403 g/mol. The highest BCUT2D eigenvalue weighted by Crippen LogP contribution is 2.30. The molecule has 2 aromatic heterocycles. The molecule has 0 saturated heterocycles. The number of rotatable bonds is 6. The molecule has 1 amide bonds. The Labute approximate surface area is 166 Å². The third-order valence-electron chi connectivity index (χ3n) is 4.48. The molecule has 148 valence electrons. The van der Waals surface area contributed by atoms with Gasteiger partial charge in [0.05, 0.1) is 24.2 Å². The van der Waals surface area contributed by atoms with E-state index in [1.54, 1.807) is 12.1 Å². The zero-order valence-electron chi connectivity index (χ0n) is 16.2. The third-order valence-corrected chi connectivity index (χ3v) is 5.61. The molecule has 0 fully saturated rings. The third kappa shape index (κ3) is 4.06. The summed E-state index contributed by atoms with van der Waals surface area (Å²) >= 11 is 1.34. The number of aromatic nitrogens is 2. The summed E-state index contributed by atoms with van der Waals surface area (Å²) in [6.45, 7) is 5.99. The molecule has 0 spiro atoms. The van der Waals surface area contributed by atoms with Gasteiger partial charge in [-0.2, -0.15) is 5.10 Å². The van der Waals surface area contributed by atoms with E-state index in [2.05, 4.69) is 5.10 Å². The number of benzene rings is 1. The first-order chi connectivity index (χ1) is 13.3. The molecular weight excluding hydrogens is 381 g/mol. The fourth-order valence-corrected chi connectivity index (χ4v) is 4.04. The molecule has 2 heterocycles. The monoisotopic (exact) mass is 403 g/mol. The summed E-state index contributed by atoms with van der Waals surface area (Å²) in [6.07, 6.45) is 0. The van der Waals surface area contributed by atoms with E-state index >= 15 is 0 Å². The second-order valence-corrected chi connectivity index (χ2v) is 7.83. The molecule has 0 bridgehead atoms. The van der Waals surface area contributed by atoms with Crippen molar-refractivity contribution in [2.45, 2.75) is 33.4 Å². The quantitative estimate of drug-likeness (QED) is 0.590. The number of fused-ring (bicyclic) bond motifs is 1. The van der Waals surface area contributed by atoms with Crippen LogP contribution in [0.15, 0.2) is 30.3 Å². The second-order valence-electron chi connectivity index (χ2n) is 6.80. The molecule has 0 unspecified atom stereocenters. The van der Waals surface area contributed by atoms with Crippen LogP contribution in [0.2, 0.25) is 0 Å². The first kappa shape index (κ1) is 20.0. The Bertz CT molecular complexity index is 1010. The van der Waals surface area contributed by atoms with Crippen LogP contribution in [0.5, 0.6) is 0 Å². The van der Waals surface area contributed by atoms with Crippen molar-refractivity contribution in [3.8, 4) is 0 Å². The van der Waals surface area contributed by atoms with E-state index < -0.39 is 5.97 Å². The lowest BCUT2D eigenvalue weighted by atomic mass is 10.2. The normalized spacial score (nSPS) is 11.2. The van der Waals surface area contributed by atoms with Crippen molar-refractivity contribution in [3.05, 3.63) is 52.3 Å². The minimum atomic E-state index is -0.457. The summed E-state index contributed by atoms with van der Waals surface area (Å²) in [7, 11) is 1.30. The molecule has 0 saturated carbocycles. The molecular formula is C20H22FN3O3S. The first-order valence-electron chi connectivity index (χ1n) is 8.89. The molecule has 28 heavy (non-hydrogen) atoms. The van der Waals surface area contributed by atoms with Crippen molar-refractivity contribution in [2.24, 2.45) is 0 Å². The number of carbonyl (C=O) groups is 2. The van der Waals surface area contributed by atoms with E-state index in [1.165, 1.54) is 35.5 Å². The van der Waals surface area contributed by atoms with Gasteiger partial charge in [-0.1, -0.05) is 12.1 Å². The summed E-state index contributed by atoms with van der Waals surface area (Å²) in [4.78, 5) is 27.5. The predicted molar refractivity (Wildman–Crippen MR) is 106 cm³/mol. The van der Waals surface area contributed by atoms with Crippen molar-refractivity contribution in [3.63, 3.8) is 0 Å². The van der Waals surface area contributed by atoms with E-state index in [9.17, 15) is 14.0 Å². The van der Waals surface area contributed by atoms with Gasteiger partial charge in [-0.3, -0.25) is 14.3 Å². The van der Waals surface area contributed by atoms with Gasteiger partial charge in [0.1, 0.15) is 17.2 Å². The van der Waals surface area contributed by atoms with Gasteiger partial charge < -0.3 is 9.64 Å². The molecule has 1 aromatic carbocycles. The number of nitrogens with zero attached hydrogens (tertiary/aromatic N) is 3. The fraction of sp³-hybridized carbons (Fsp3) is 0.350. The average Bonchev–Trinajstić information content (AvgIpc) is 3.22. The van der Waals surface area contributed by atoms with Gasteiger partial charge in [0.25, 0.3) is 5.91 Å². The van der Waals surface area contributed by atoms with Crippen LogP contribution in [0.4, 0.5) is 4.39 Å². The molecule has 0 aliphatic rings. The topological polar surface area (TPSA) is 64.4 Å². The minimum absolute atomic E-state index is 0.0953. The number of carbonyl (C=O) groups excluding carboxylic acids is 2. The molecule has 0 atom stereocenters. The highest BCUT2D eigenvalue weighted by molar-refractivity contribution is 7.20. The molecule has 8 heteroatoms. The molecule has 0 radical (unpaired) electrons. The smallest absolute Gasteiger partial charge is 0.325 e. The Morgan fingerprint density at radius 2 is 1.96 bits per heavy atom. The maximum atomic E-state index is 13.1. The molecule has 3 rings (SSSR count). The number of halogens is 1. The van der Waals surface area contributed by atoms with Crippen LogP contribution in [-0.2, 0) is 16.1 Å². The van der Waals surface area contributed by atoms with Crippen LogP contribution in [0.3, 0.4) is 0 Å². The van der Waals surface area contributed by atoms with Crippen LogP contribution < -0.4 is 0 Å². The lowest BCUT2D eigenvalue weighted by Gasteiger charge is -2.24. The predicted octanol–water partition coefficient (Wildman–Crippen LogP) is 3.62. The first-order valence-corrected chi connectivity index (χ1v) is 9.71. The Balaban J connectivity index is 1.92. The van der Waals surface area contributed by atoms with E-state index in [0.29, 0.717) is 11.4 Å². The van der Waals surface area contributed by atoms with Gasteiger partial charge in [0, 0.05) is 11.4 Å². The second kappa shape index (κ2) is 8.10. The van der Waals surface area contributed by atoms with E-state index in [0.717, 1.165) is 21.5 Å². The van der Waals surface area contributed by atoms with Crippen LogP contribution in [0, 0.1) is 12.7 Å². The summed E-state index contributed by atoms with van der Waals surface area (Å²) < 4.78 is 19.7. The zero-order chi connectivity index (χ0) is 20.4. The maximum absolute atomic E-state index is 13.1. The Morgan fingerprint density at radius 1 is 1.29 bits per heavy atom. The van der Waals surface area contributed by atoms with Crippen molar-refractivity contribution >= 4 is 33.4 Å². The van der Waals surface area contributed by atoms with E-state index in [-0.39, 0.29) is 24.3 Å². The Kier molecular flexibility index (Phi) is 5.79. The molecule has 3 aromatic rings. The van der Waals surface area contributed by atoms with Crippen molar-refractivity contribution in [1.29, 1.82) is 0 Å². The number of thiophene rings is 1. The molecule has 0 N–H and O–H groups in total. The summed E-state index contributed by atoms with van der Waals surface area (Å²) in [5.74, 6) is -0.954. The minimum Gasteiger partial charge on any atom is -0.468 e. The van der Waals surface area contributed by atoms with Gasteiger partial charge in [0.15, 0.2) is 0 Å². The SMILES string of the molecule is COC(=O)CN(C(=O)c1cc2c(C)nn(Cc3ccc(F)cc3)c2s1)C(C)C. The van der Waals surface area contributed by atoms with Crippen molar-refractivity contribution in [1.82, 2.24) is 14.7 Å². The maximum Gasteiger partial charge on any atom is 0.325 e. The van der Waals surface area contributed by atoms with Crippen LogP contribution >= 0.6 is 11.3 Å². The fourth-order valence-electron chi connectivity index (χ4n) is 2.92. The summed E-state index contributed by atoms with van der Waals surface area (Å²) in [6, 6.07) is 7.94. The number of ether oxygens (including phenoxy) is 1. The summed E-state index contributed by atoms with van der Waals surface area (Å²) in [5.41, 5.74) is 1.73. The summed E-state index contributed by atoms with van der Waals surface area (Å²) in [5, 5.41) is 5.44. The van der Waals surface area contributed by atoms with Crippen molar-refractivity contribution in [2.75, 3.05) is 13.7 Å². The number of hydrogen-bond acceptors (Lipinski definition) is 5. The zero-order valence-corrected chi connectivity index (χ0v) is 17.0. The Morgan fingerprint density at radius 3 is 2.57 bits per heavy atom. The lowest BCUT2D eigenvalue weighted by molar-refractivity contribution is -0.141. The number of methoxy groups -OCH3 is 1. The highest BCUT2D eigenvalue weighted by atomic mass is 32.1. The molecule has 0 aliphatic carbocycles. The van der Waals surface area contributed by atoms with E-state index in [1.807, 2.05) is 31.5 Å². The van der Waals surface area contributed by atoms with Gasteiger partial charge >= 0.3 is 5.97 Å². The van der Waals surface area contributed by atoms with Gasteiger partial charge in [0.2, 0.25) is 0 Å². The van der Waals surface area contributed by atoms with Gasteiger partial charge in [-0.25, -0.2) is 4.39 Å². The Hall–Kier alpha value is -2.74. The number of amides is 1. The van der Waals surface area contributed by atoms with Gasteiger partial charge in [-0.15, -0.1) is 11.3 Å². The van der Waals surface area contributed by atoms with Gasteiger partial charge in [-0.05, 0) is 44.5 Å². The largest absolute Gasteiger partial charge is 0.468 e. The highest BCUT2D eigenvalue weighted by Gasteiger charge is 2.25. The van der Waals surface area contributed by atoms with Crippen LogP contribution in [-0.4, -0.2) is 46.3 Å². The van der Waals surface area contributed by atoms with Crippen LogP contribution in [0.25, 0.3) is 10.2 Å². The molecule has 0 aliphatic heterocycles. The lowest BCUT2D eigenvalue weighted by Crippen LogP contribution is -2.40. The van der Waals surface area contributed by atoms with Crippen LogP contribution in [0.1, 0.15) is 34.8 Å². The molecule has 6 nitrogen and oxygen atoms in total.